The highest BCUT2D eigenvalue weighted by Gasteiger charge is 2.24. The Bertz CT molecular complexity index is 1110. The van der Waals surface area contributed by atoms with Crippen molar-refractivity contribution in [1.82, 2.24) is 24.6 Å². The van der Waals surface area contributed by atoms with Crippen molar-refractivity contribution in [2.45, 2.75) is 12.6 Å². The Kier molecular flexibility index (Phi) is 4.97. The molecule has 1 aromatic carbocycles. The van der Waals surface area contributed by atoms with Crippen LogP contribution in [0.3, 0.4) is 0 Å². The van der Waals surface area contributed by atoms with Crippen LogP contribution < -0.4 is 5.32 Å². The maximum atomic E-state index is 6.05. The Balaban J connectivity index is 1.32. The second-order valence-corrected chi connectivity index (χ2v) is 8.03. The number of anilines is 2. The minimum Gasteiger partial charge on any atom is -0.369 e. The van der Waals surface area contributed by atoms with Crippen LogP contribution in [0.4, 0.5) is 10.9 Å². The monoisotopic (exact) mass is 406 g/mol. The topological polar surface area (TPSA) is 68.1 Å². The highest BCUT2D eigenvalue weighted by atomic mass is 32.1. The van der Waals surface area contributed by atoms with Gasteiger partial charge in [-0.25, -0.2) is 4.98 Å². The second-order valence-electron chi connectivity index (χ2n) is 7.19. The van der Waals surface area contributed by atoms with Gasteiger partial charge in [-0.2, -0.15) is 0 Å². The molecule has 1 saturated heterocycles. The number of morpholine rings is 1. The summed E-state index contributed by atoms with van der Waals surface area (Å²) in [4.78, 5) is 7.19. The highest BCUT2D eigenvalue weighted by molar-refractivity contribution is 7.13. The van der Waals surface area contributed by atoms with Gasteiger partial charge in [-0.1, -0.05) is 35.6 Å². The van der Waals surface area contributed by atoms with Gasteiger partial charge in [-0.15, -0.1) is 10.2 Å². The number of aryl methyl sites for hydroxylation is 1. The van der Waals surface area contributed by atoms with Crippen LogP contribution in [0.1, 0.15) is 17.4 Å². The zero-order valence-electron chi connectivity index (χ0n) is 16.2. The van der Waals surface area contributed by atoms with Crippen LogP contribution in [0.5, 0.6) is 0 Å². The molecule has 1 atom stereocenters. The molecule has 0 radical (unpaired) electrons. The molecule has 1 fully saturated rings. The highest BCUT2D eigenvalue weighted by Crippen LogP contribution is 2.26. The summed E-state index contributed by atoms with van der Waals surface area (Å²) in [6.07, 6.45) is 2.19. The maximum absolute atomic E-state index is 6.05. The first-order valence-electron chi connectivity index (χ1n) is 9.63. The van der Waals surface area contributed by atoms with Crippen molar-refractivity contribution in [3.8, 4) is 0 Å². The van der Waals surface area contributed by atoms with Crippen LogP contribution in [0.2, 0.25) is 0 Å². The molecule has 1 aliphatic rings. The van der Waals surface area contributed by atoms with E-state index in [0.717, 1.165) is 36.3 Å². The summed E-state index contributed by atoms with van der Waals surface area (Å²) in [5, 5.41) is 13.1. The lowest BCUT2D eigenvalue weighted by Gasteiger charge is -2.32. The number of benzene rings is 1. The summed E-state index contributed by atoms with van der Waals surface area (Å²) in [6, 6.07) is 14.5. The van der Waals surface area contributed by atoms with E-state index in [9.17, 15) is 0 Å². The van der Waals surface area contributed by atoms with Gasteiger partial charge < -0.3 is 14.6 Å². The average molecular weight is 407 g/mol. The summed E-state index contributed by atoms with van der Waals surface area (Å²) >= 11 is 1.45. The van der Waals surface area contributed by atoms with Gasteiger partial charge in [-0.3, -0.25) is 4.90 Å². The molecule has 1 aliphatic heterocycles. The standard InChI is InChI=1S/C21H22N6OS/c1-26-11-15(16-5-2-3-7-18(16)26)12-27-9-10-28-19(13-27)17-6-4-8-20(23-17)24-21-25-22-14-29-21/h2-8,11,14,19H,9-10,12-13H2,1H3,(H,23,24,25)/t19-/m1/s1. The molecule has 4 aromatic rings. The van der Waals surface area contributed by atoms with E-state index < -0.39 is 0 Å². The normalized spacial score (nSPS) is 17.6. The Morgan fingerprint density at radius 3 is 3.03 bits per heavy atom. The molecular formula is C21H22N6OS. The summed E-state index contributed by atoms with van der Waals surface area (Å²) in [6.45, 7) is 3.34. The molecule has 0 unspecified atom stereocenters. The molecule has 5 rings (SSSR count). The molecule has 0 saturated carbocycles. The molecule has 0 spiro atoms. The van der Waals surface area contributed by atoms with Gasteiger partial charge in [0.15, 0.2) is 0 Å². The lowest BCUT2D eigenvalue weighted by molar-refractivity contribution is -0.0348. The van der Waals surface area contributed by atoms with Crippen LogP contribution in [0.25, 0.3) is 10.9 Å². The fourth-order valence-electron chi connectivity index (χ4n) is 3.86. The van der Waals surface area contributed by atoms with Crippen molar-refractivity contribution in [2.24, 2.45) is 7.05 Å². The lowest BCUT2D eigenvalue weighted by atomic mass is 10.1. The molecule has 8 heteroatoms. The van der Waals surface area contributed by atoms with Crippen LogP contribution in [-0.4, -0.2) is 44.3 Å². The molecule has 0 aliphatic carbocycles. The zero-order chi connectivity index (χ0) is 19.6. The summed E-state index contributed by atoms with van der Waals surface area (Å²) in [5.41, 5.74) is 5.25. The number of para-hydroxylation sites is 1. The van der Waals surface area contributed by atoms with E-state index in [-0.39, 0.29) is 6.10 Å². The Labute approximate surface area is 173 Å². The van der Waals surface area contributed by atoms with Gasteiger partial charge >= 0.3 is 0 Å². The fraction of sp³-hybridized carbons (Fsp3) is 0.286. The molecule has 4 heterocycles. The van der Waals surface area contributed by atoms with Crippen molar-refractivity contribution in [3.63, 3.8) is 0 Å². The van der Waals surface area contributed by atoms with Crippen LogP contribution in [0.15, 0.2) is 54.2 Å². The molecule has 7 nitrogen and oxygen atoms in total. The van der Waals surface area contributed by atoms with Crippen molar-refractivity contribution in [1.29, 1.82) is 0 Å². The molecular weight excluding hydrogens is 384 g/mol. The smallest absolute Gasteiger partial charge is 0.210 e. The van der Waals surface area contributed by atoms with Gasteiger partial charge in [0.25, 0.3) is 0 Å². The number of nitrogens with zero attached hydrogens (tertiary/aromatic N) is 5. The number of pyridine rings is 1. The van der Waals surface area contributed by atoms with Crippen molar-refractivity contribution >= 4 is 33.2 Å². The quantitative estimate of drug-likeness (QED) is 0.545. The summed E-state index contributed by atoms with van der Waals surface area (Å²) in [7, 11) is 2.11. The third kappa shape index (κ3) is 3.87. The molecule has 29 heavy (non-hydrogen) atoms. The molecule has 0 bridgehead atoms. The molecule has 3 aromatic heterocycles. The minimum atomic E-state index is -0.0464. The third-order valence-electron chi connectivity index (χ3n) is 5.22. The Morgan fingerprint density at radius 2 is 2.14 bits per heavy atom. The van der Waals surface area contributed by atoms with Gasteiger partial charge in [-0.05, 0) is 23.8 Å². The van der Waals surface area contributed by atoms with E-state index in [1.807, 2.05) is 18.2 Å². The third-order valence-corrected chi connectivity index (χ3v) is 5.83. The van der Waals surface area contributed by atoms with E-state index in [2.05, 4.69) is 62.5 Å². The van der Waals surface area contributed by atoms with Crippen LogP contribution >= 0.6 is 11.3 Å². The van der Waals surface area contributed by atoms with E-state index in [0.29, 0.717) is 6.61 Å². The first-order chi connectivity index (χ1) is 14.3. The summed E-state index contributed by atoms with van der Waals surface area (Å²) in [5.74, 6) is 0.758. The molecule has 148 valence electrons. The van der Waals surface area contributed by atoms with E-state index >= 15 is 0 Å². The number of nitrogens with one attached hydrogen (secondary N) is 1. The number of hydrogen-bond donors (Lipinski definition) is 1. The Morgan fingerprint density at radius 1 is 1.21 bits per heavy atom. The molecule has 1 N–H and O–H groups in total. The van der Waals surface area contributed by atoms with Gasteiger partial charge in [0.05, 0.1) is 12.3 Å². The van der Waals surface area contributed by atoms with Gasteiger partial charge in [0.1, 0.15) is 17.4 Å². The maximum Gasteiger partial charge on any atom is 0.210 e. The van der Waals surface area contributed by atoms with Crippen LogP contribution in [-0.2, 0) is 18.3 Å². The SMILES string of the molecule is Cn1cc(CN2CCO[C@@H](c3cccc(Nc4nncs4)n3)C2)c2ccccc21. The first-order valence-corrected chi connectivity index (χ1v) is 10.5. The predicted octanol–water partition coefficient (Wildman–Crippen LogP) is 3.74. The van der Waals surface area contributed by atoms with Crippen molar-refractivity contribution < 1.29 is 4.74 Å². The fourth-order valence-corrected chi connectivity index (χ4v) is 4.31. The van der Waals surface area contributed by atoms with Gasteiger partial charge in [0, 0.05) is 43.8 Å². The lowest BCUT2D eigenvalue weighted by Crippen LogP contribution is -2.38. The zero-order valence-corrected chi connectivity index (χ0v) is 17.0. The number of rotatable bonds is 5. The summed E-state index contributed by atoms with van der Waals surface area (Å²) < 4.78 is 8.25. The van der Waals surface area contributed by atoms with E-state index in [1.54, 1.807) is 5.51 Å². The minimum absolute atomic E-state index is 0.0464. The molecule has 0 amide bonds. The van der Waals surface area contributed by atoms with Crippen molar-refractivity contribution in [2.75, 3.05) is 25.0 Å². The number of aromatic nitrogens is 4. The number of hydrogen-bond acceptors (Lipinski definition) is 7. The Hall–Kier alpha value is -2.81. The number of ether oxygens (including phenoxy) is 1. The first kappa shape index (κ1) is 18.2. The number of fused-ring (bicyclic) bond motifs is 1. The van der Waals surface area contributed by atoms with Crippen molar-refractivity contribution in [3.05, 3.63) is 65.4 Å². The van der Waals surface area contributed by atoms with Gasteiger partial charge in [0.2, 0.25) is 5.13 Å². The van der Waals surface area contributed by atoms with E-state index in [1.165, 1.54) is 27.8 Å². The largest absolute Gasteiger partial charge is 0.369 e. The second kappa shape index (κ2) is 7.90. The van der Waals surface area contributed by atoms with Crippen LogP contribution in [0, 0.1) is 0 Å². The predicted molar refractivity (Wildman–Crippen MR) is 114 cm³/mol. The van der Waals surface area contributed by atoms with E-state index in [4.69, 9.17) is 9.72 Å². The average Bonchev–Trinajstić information content (AvgIpc) is 3.37.